The molecule has 0 N–H and O–H groups in total. The van der Waals surface area contributed by atoms with Crippen LogP contribution in [0.15, 0.2) is 77.3 Å². The molecule has 3 aromatic rings. The smallest absolute Gasteiger partial charge is 0.193 e. The lowest BCUT2D eigenvalue weighted by atomic mass is 9.68. The SMILES string of the molecule is CC(=O)C[C@H](c1ccccc1Br)C1c2ccccc2C(=O)c2ccccc21. The van der Waals surface area contributed by atoms with Gasteiger partial charge >= 0.3 is 0 Å². The molecule has 0 bridgehead atoms. The Balaban J connectivity index is 1.98. The van der Waals surface area contributed by atoms with Crippen LogP contribution in [0.3, 0.4) is 0 Å². The molecule has 0 saturated carbocycles. The first kappa shape index (κ1) is 17.9. The predicted molar refractivity (Wildman–Crippen MR) is 110 cm³/mol. The first-order valence-electron chi connectivity index (χ1n) is 9.04. The van der Waals surface area contributed by atoms with Crippen molar-refractivity contribution in [1.82, 2.24) is 0 Å². The average molecular weight is 419 g/mol. The quantitative estimate of drug-likeness (QED) is 0.529. The van der Waals surface area contributed by atoms with E-state index in [1.807, 2.05) is 66.7 Å². The van der Waals surface area contributed by atoms with Crippen molar-refractivity contribution in [3.63, 3.8) is 0 Å². The molecule has 0 aromatic heterocycles. The summed E-state index contributed by atoms with van der Waals surface area (Å²) in [5.41, 5.74) is 4.58. The van der Waals surface area contributed by atoms with Crippen molar-refractivity contribution in [3.05, 3.63) is 105 Å². The molecule has 1 aliphatic carbocycles. The first-order valence-corrected chi connectivity index (χ1v) is 9.83. The minimum absolute atomic E-state index is 0.0438. The molecule has 134 valence electrons. The van der Waals surface area contributed by atoms with E-state index in [1.165, 1.54) is 0 Å². The van der Waals surface area contributed by atoms with Crippen LogP contribution in [0, 0.1) is 0 Å². The van der Waals surface area contributed by atoms with Crippen molar-refractivity contribution in [1.29, 1.82) is 0 Å². The maximum absolute atomic E-state index is 13.0. The normalized spacial score (nSPS) is 14.4. The van der Waals surface area contributed by atoms with E-state index in [9.17, 15) is 9.59 Å². The molecule has 0 spiro atoms. The van der Waals surface area contributed by atoms with E-state index in [2.05, 4.69) is 22.0 Å². The Morgan fingerprint density at radius 1 is 0.889 bits per heavy atom. The van der Waals surface area contributed by atoms with Crippen LogP contribution in [0.25, 0.3) is 0 Å². The van der Waals surface area contributed by atoms with Gasteiger partial charge in [-0.2, -0.15) is 0 Å². The fourth-order valence-corrected chi connectivity index (χ4v) is 4.77. The highest BCUT2D eigenvalue weighted by atomic mass is 79.9. The Kier molecular flexibility index (Phi) is 4.79. The van der Waals surface area contributed by atoms with Crippen molar-refractivity contribution in [2.24, 2.45) is 0 Å². The van der Waals surface area contributed by atoms with E-state index in [0.717, 1.165) is 32.3 Å². The number of rotatable bonds is 4. The highest BCUT2D eigenvalue weighted by molar-refractivity contribution is 9.10. The minimum atomic E-state index is -0.0477. The average Bonchev–Trinajstić information content (AvgIpc) is 2.68. The van der Waals surface area contributed by atoms with Crippen LogP contribution in [0.2, 0.25) is 0 Å². The number of benzene rings is 3. The van der Waals surface area contributed by atoms with E-state index in [-0.39, 0.29) is 23.4 Å². The molecule has 2 nitrogen and oxygen atoms in total. The number of Topliss-reactive ketones (excluding diaryl/α,β-unsaturated/α-hetero) is 1. The van der Waals surface area contributed by atoms with Crippen LogP contribution < -0.4 is 0 Å². The zero-order valence-electron chi connectivity index (χ0n) is 15.0. The Bertz CT molecular complexity index is 988. The fraction of sp³-hybridized carbons (Fsp3) is 0.167. The molecule has 1 aliphatic rings. The van der Waals surface area contributed by atoms with E-state index in [1.54, 1.807) is 6.92 Å². The summed E-state index contributed by atoms with van der Waals surface area (Å²) >= 11 is 3.67. The summed E-state index contributed by atoms with van der Waals surface area (Å²) in [5.74, 6) is 0.111. The van der Waals surface area contributed by atoms with Gasteiger partial charge in [-0.05, 0) is 29.7 Å². The number of ketones is 2. The summed E-state index contributed by atoms with van der Waals surface area (Å²) in [6.45, 7) is 1.63. The second-order valence-corrected chi connectivity index (χ2v) is 7.87. The van der Waals surface area contributed by atoms with Gasteiger partial charge in [0.25, 0.3) is 0 Å². The molecule has 4 rings (SSSR count). The largest absolute Gasteiger partial charge is 0.300 e. The molecule has 3 aromatic carbocycles. The summed E-state index contributed by atoms with van der Waals surface area (Å²) in [5, 5.41) is 0. The molecule has 0 saturated heterocycles. The summed E-state index contributed by atoms with van der Waals surface area (Å²) in [6.07, 6.45) is 0.421. The highest BCUT2D eigenvalue weighted by Crippen LogP contribution is 2.47. The molecular formula is C24H19BrO2. The Morgan fingerprint density at radius 2 is 1.41 bits per heavy atom. The molecule has 0 aliphatic heterocycles. The van der Waals surface area contributed by atoms with Gasteiger partial charge in [0, 0.05) is 33.9 Å². The molecule has 27 heavy (non-hydrogen) atoms. The van der Waals surface area contributed by atoms with Gasteiger partial charge in [-0.3, -0.25) is 4.79 Å². The van der Waals surface area contributed by atoms with Gasteiger partial charge in [-0.1, -0.05) is 82.7 Å². The van der Waals surface area contributed by atoms with Crippen molar-refractivity contribution in [3.8, 4) is 0 Å². The molecule has 1 atom stereocenters. The van der Waals surface area contributed by atoms with Gasteiger partial charge in [-0.25, -0.2) is 0 Å². The third-order valence-electron chi connectivity index (χ3n) is 5.30. The second kappa shape index (κ2) is 7.24. The molecule has 0 unspecified atom stereocenters. The second-order valence-electron chi connectivity index (χ2n) is 7.02. The molecule has 0 amide bonds. The van der Waals surface area contributed by atoms with Crippen LogP contribution in [-0.4, -0.2) is 11.6 Å². The number of carbonyl (C=O) groups excluding carboxylic acids is 2. The maximum atomic E-state index is 13.0. The third-order valence-corrected chi connectivity index (χ3v) is 6.02. The number of halogens is 1. The van der Waals surface area contributed by atoms with Crippen LogP contribution in [0.4, 0.5) is 0 Å². The minimum Gasteiger partial charge on any atom is -0.300 e. The van der Waals surface area contributed by atoms with Gasteiger partial charge in [-0.15, -0.1) is 0 Å². The van der Waals surface area contributed by atoms with Crippen molar-refractivity contribution >= 4 is 27.5 Å². The monoisotopic (exact) mass is 418 g/mol. The highest BCUT2D eigenvalue weighted by Gasteiger charge is 2.37. The van der Waals surface area contributed by atoms with E-state index in [4.69, 9.17) is 0 Å². The van der Waals surface area contributed by atoms with Gasteiger partial charge in [0.05, 0.1) is 0 Å². The standard InChI is InChI=1S/C24H19BrO2/c1-15(26)14-21(16-8-6-7-13-22(16)25)23-17-9-2-4-11-19(17)24(27)20-12-5-3-10-18(20)23/h2-13,21,23H,14H2,1H3/t21-/m1/s1. The lowest BCUT2D eigenvalue weighted by Gasteiger charge is -2.34. The number of hydrogen-bond donors (Lipinski definition) is 0. The Morgan fingerprint density at radius 3 is 1.96 bits per heavy atom. The fourth-order valence-electron chi connectivity index (χ4n) is 4.19. The molecule has 0 heterocycles. The van der Waals surface area contributed by atoms with Gasteiger partial charge in [0.1, 0.15) is 5.78 Å². The third kappa shape index (κ3) is 3.17. The van der Waals surface area contributed by atoms with Gasteiger partial charge in [0.15, 0.2) is 5.78 Å². The van der Waals surface area contributed by atoms with Gasteiger partial charge < -0.3 is 4.79 Å². The zero-order chi connectivity index (χ0) is 19.0. The molecule has 0 fully saturated rings. The number of carbonyl (C=O) groups is 2. The zero-order valence-corrected chi connectivity index (χ0v) is 16.6. The van der Waals surface area contributed by atoms with Crippen LogP contribution in [0.5, 0.6) is 0 Å². The van der Waals surface area contributed by atoms with E-state index in [0.29, 0.717) is 6.42 Å². The number of fused-ring (bicyclic) bond motifs is 2. The maximum Gasteiger partial charge on any atom is 0.193 e. The summed E-state index contributed by atoms with van der Waals surface area (Å²) < 4.78 is 0.989. The molecule has 3 heteroatoms. The topological polar surface area (TPSA) is 34.1 Å². The molecule has 0 radical (unpaired) electrons. The predicted octanol–water partition coefficient (Wildman–Crippen LogP) is 5.89. The van der Waals surface area contributed by atoms with Crippen LogP contribution >= 0.6 is 15.9 Å². The van der Waals surface area contributed by atoms with Crippen LogP contribution in [0.1, 0.15) is 57.8 Å². The van der Waals surface area contributed by atoms with Crippen molar-refractivity contribution in [2.45, 2.75) is 25.2 Å². The van der Waals surface area contributed by atoms with Gasteiger partial charge in [0.2, 0.25) is 0 Å². The summed E-state index contributed by atoms with van der Waals surface area (Å²) in [6, 6.07) is 23.6. The lowest BCUT2D eigenvalue weighted by Crippen LogP contribution is -2.25. The van der Waals surface area contributed by atoms with E-state index >= 15 is 0 Å². The molecular weight excluding hydrogens is 400 g/mol. The van der Waals surface area contributed by atoms with Crippen molar-refractivity contribution in [2.75, 3.05) is 0 Å². The summed E-state index contributed by atoms with van der Waals surface area (Å²) in [4.78, 5) is 25.2. The number of hydrogen-bond acceptors (Lipinski definition) is 2. The Labute approximate surface area is 167 Å². The lowest BCUT2D eigenvalue weighted by molar-refractivity contribution is -0.117. The Hall–Kier alpha value is -2.52. The van der Waals surface area contributed by atoms with Crippen LogP contribution in [-0.2, 0) is 4.79 Å². The van der Waals surface area contributed by atoms with Crippen molar-refractivity contribution < 1.29 is 9.59 Å². The first-order chi connectivity index (χ1) is 13.1. The van der Waals surface area contributed by atoms with E-state index < -0.39 is 0 Å². The summed E-state index contributed by atoms with van der Waals surface area (Å²) in [7, 11) is 0.